The zero-order valence-corrected chi connectivity index (χ0v) is 18.8. The van der Waals surface area contributed by atoms with E-state index < -0.39 is 9.84 Å². The van der Waals surface area contributed by atoms with Crippen molar-refractivity contribution in [2.45, 2.75) is 25.1 Å². The van der Waals surface area contributed by atoms with Gasteiger partial charge < -0.3 is 9.47 Å². The fourth-order valence-electron chi connectivity index (χ4n) is 4.21. The van der Waals surface area contributed by atoms with Gasteiger partial charge in [0, 0.05) is 30.9 Å². The minimum Gasteiger partial charge on any atom is -0.339 e. The number of fused-ring (bicyclic) bond motifs is 1. The Kier molecular flexibility index (Phi) is 6.08. The molecule has 31 heavy (non-hydrogen) atoms. The van der Waals surface area contributed by atoms with Crippen LogP contribution in [-0.2, 0) is 22.1 Å². The SMILES string of the molecule is CS(=O)(=O)Cn1ccc2cc(C(=O)N3CCC(Cc4ccc(F)cc4)CC3)c(Cl)cc21. The first-order valence-corrected chi connectivity index (χ1v) is 12.6. The van der Waals surface area contributed by atoms with Crippen LogP contribution >= 0.6 is 11.6 Å². The standard InChI is InChI=1S/C23H24ClFN2O3S/c1-31(29,30)15-27-11-8-18-13-20(21(24)14-22(18)27)23(28)26-9-6-17(7-10-26)12-16-2-4-19(25)5-3-16/h2-5,8,11,13-14,17H,6-7,9-10,12,15H2,1H3. The van der Waals surface area contributed by atoms with Crippen molar-refractivity contribution in [1.82, 2.24) is 9.47 Å². The maximum absolute atomic E-state index is 13.1. The zero-order valence-electron chi connectivity index (χ0n) is 17.2. The maximum Gasteiger partial charge on any atom is 0.255 e. The van der Waals surface area contributed by atoms with Crippen LogP contribution in [0.25, 0.3) is 10.9 Å². The molecule has 5 nitrogen and oxygen atoms in total. The molecule has 3 aromatic rings. The molecule has 1 aliphatic rings. The van der Waals surface area contributed by atoms with Crippen LogP contribution in [0.5, 0.6) is 0 Å². The smallest absolute Gasteiger partial charge is 0.255 e. The van der Waals surface area contributed by atoms with Crippen molar-refractivity contribution in [3.8, 4) is 0 Å². The lowest BCUT2D eigenvalue weighted by Crippen LogP contribution is -2.39. The molecule has 0 atom stereocenters. The lowest BCUT2D eigenvalue weighted by molar-refractivity contribution is 0.0691. The molecule has 164 valence electrons. The summed E-state index contributed by atoms with van der Waals surface area (Å²) in [6.07, 6.45) is 5.51. The highest BCUT2D eigenvalue weighted by atomic mass is 35.5. The molecule has 8 heteroatoms. The van der Waals surface area contributed by atoms with Gasteiger partial charge in [-0.25, -0.2) is 12.8 Å². The first-order valence-electron chi connectivity index (χ1n) is 10.2. The van der Waals surface area contributed by atoms with Gasteiger partial charge in [-0.15, -0.1) is 0 Å². The van der Waals surface area contributed by atoms with Gasteiger partial charge in [-0.1, -0.05) is 23.7 Å². The van der Waals surface area contributed by atoms with E-state index in [4.69, 9.17) is 11.6 Å². The maximum atomic E-state index is 13.1. The van der Waals surface area contributed by atoms with Gasteiger partial charge in [0.1, 0.15) is 11.7 Å². The number of hydrogen-bond donors (Lipinski definition) is 0. The molecule has 1 fully saturated rings. The molecule has 0 N–H and O–H groups in total. The number of rotatable bonds is 5. The van der Waals surface area contributed by atoms with Crippen molar-refractivity contribution in [3.63, 3.8) is 0 Å². The van der Waals surface area contributed by atoms with E-state index in [1.54, 1.807) is 29.0 Å². The van der Waals surface area contributed by atoms with E-state index in [1.165, 1.54) is 18.4 Å². The summed E-state index contributed by atoms with van der Waals surface area (Å²) in [4.78, 5) is 14.9. The van der Waals surface area contributed by atoms with E-state index >= 15 is 0 Å². The van der Waals surface area contributed by atoms with E-state index in [9.17, 15) is 17.6 Å². The molecule has 4 rings (SSSR count). The Morgan fingerprint density at radius 3 is 2.45 bits per heavy atom. The van der Waals surface area contributed by atoms with Crippen LogP contribution < -0.4 is 0 Å². The number of likely N-dealkylation sites (tertiary alicyclic amines) is 1. The summed E-state index contributed by atoms with van der Waals surface area (Å²) in [6.45, 7) is 1.29. The summed E-state index contributed by atoms with van der Waals surface area (Å²) in [5.74, 6) is -0.0213. The molecule has 0 aliphatic carbocycles. The average Bonchev–Trinajstić information content (AvgIpc) is 3.09. The van der Waals surface area contributed by atoms with Gasteiger partial charge >= 0.3 is 0 Å². The first-order chi connectivity index (χ1) is 14.7. The van der Waals surface area contributed by atoms with E-state index in [0.29, 0.717) is 35.1 Å². The molecular formula is C23H24ClFN2O3S. The van der Waals surface area contributed by atoms with E-state index in [2.05, 4.69) is 0 Å². The molecule has 1 aromatic heterocycles. The fourth-order valence-corrected chi connectivity index (χ4v) is 5.17. The number of carbonyl (C=O) groups is 1. The second-order valence-corrected chi connectivity index (χ2v) is 10.8. The number of nitrogens with zero attached hydrogens (tertiary/aromatic N) is 2. The molecule has 1 amide bonds. The Morgan fingerprint density at radius 2 is 1.81 bits per heavy atom. The van der Waals surface area contributed by atoms with Crippen molar-refractivity contribution >= 4 is 38.2 Å². The summed E-state index contributed by atoms with van der Waals surface area (Å²) >= 11 is 6.43. The third-order valence-electron chi connectivity index (χ3n) is 5.80. The van der Waals surface area contributed by atoms with Crippen LogP contribution in [0.2, 0.25) is 5.02 Å². The van der Waals surface area contributed by atoms with Crippen molar-refractivity contribution in [2.75, 3.05) is 19.3 Å². The molecule has 0 saturated carbocycles. The summed E-state index contributed by atoms with van der Waals surface area (Å²) in [5, 5.41) is 1.10. The lowest BCUT2D eigenvalue weighted by atomic mass is 9.90. The quantitative estimate of drug-likeness (QED) is 0.559. The number of amides is 1. The number of carbonyl (C=O) groups excluding carboxylic acids is 1. The van der Waals surface area contributed by atoms with E-state index in [-0.39, 0.29) is 17.6 Å². The lowest BCUT2D eigenvalue weighted by Gasteiger charge is -2.32. The molecule has 0 unspecified atom stereocenters. The van der Waals surface area contributed by atoms with Gasteiger partial charge in [0.2, 0.25) is 0 Å². The molecule has 2 heterocycles. The van der Waals surface area contributed by atoms with E-state index in [1.807, 2.05) is 17.0 Å². The average molecular weight is 463 g/mol. The molecule has 0 radical (unpaired) electrons. The van der Waals surface area contributed by atoms with Gasteiger partial charge in [0.05, 0.1) is 16.1 Å². The Morgan fingerprint density at radius 1 is 1.13 bits per heavy atom. The van der Waals surface area contributed by atoms with Gasteiger partial charge in [0.25, 0.3) is 5.91 Å². The molecule has 1 aliphatic heterocycles. The number of hydrogen-bond acceptors (Lipinski definition) is 3. The highest BCUT2D eigenvalue weighted by Gasteiger charge is 2.25. The summed E-state index contributed by atoms with van der Waals surface area (Å²) in [7, 11) is -3.20. The second-order valence-electron chi connectivity index (χ2n) is 8.30. The first kappa shape index (κ1) is 21.8. The van der Waals surface area contributed by atoms with Crippen molar-refractivity contribution in [3.05, 3.63) is 70.6 Å². The third kappa shape index (κ3) is 5.10. The van der Waals surface area contributed by atoms with Gasteiger partial charge in [-0.2, -0.15) is 0 Å². The number of benzene rings is 2. The van der Waals surface area contributed by atoms with Crippen molar-refractivity contribution in [1.29, 1.82) is 0 Å². The predicted molar refractivity (Wildman–Crippen MR) is 121 cm³/mol. The highest BCUT2D eigenvalue weighted by molar-refractivity contribution is 7.89. The normalized spacial score (nSPS) is 15.5. The molecule has 1 saturated heterocycles. The second kappa shape index (κ2) is 8.63. The van der Waals surface area contributed by atoms with Gasteiger partial charge in [-0.05, 0) is 61.1 Å². The summed E-state index contributed by atoms with van der Waals surface area (Å²) in [6, 6.07) is 11.8. The minimum atomic E-state index is -3.20. The predicted octanol–water partition coefficient (Wildman–Crippen LogP) is 4.53. The summed E-state index contributed by atoms with van der Waals surface area (Å²) < 4.78 is 38.0. The topological polar surface area (TPSA) is 59.4 Å². The van der Waals surface area contributed by atoms with Crippen molar-refractivity contribution < 1.29 is 17.6 Å². The molecule has 0 spiro atoms. The van der Waals surface area contributed by atoms with Crippen LogP contribution in [0, 0.1) is 11.7 Å². The number of halogens is 2. The van der Waals surface area contributed by atoms with Gasteiger partial charge in [0.15, 0.2) is 9.84 Å². The Balaban J connectivity index is 1.45. The number of aromatic nitrogens is 1. The van der Waals surface area contributed by atoms with Crippen LogP contribution in [-0.4, -0.2) is 43.1 Å². The fraction of sp³-hybridized carbons (Fsp3) is 0.348. The molecular weight excluding hydrogens is 439 g/mol. The van der Waals surface area contributed by atoms with Crippen LogP contribution in [0.15, 0.2) is 48.7 Å². The van der Waals surface area contributed by atoms with Gasteiger partial charge in [-0.3, -0.25) is 4.79 Å². The van der Waals surface area contributed by atoms with Crippen LogP contribution in [0.3, 0.4) is 0 Å². The van der Waals surface area contributed by atoms with E-state index in [0.717, 1.165) is 30.2 Å². The Bertz CT molecular complexity index is 1210. The largest absolute Gasteiger partial charge is 0.339 e. The van der Waals surface area contributed by atoms with Crippen LogP contribution in [0.4, 0.5) is 4.39 Å². The third-order valence-corrected chi connectivity index (χ3v) is 6.86. The zero-order chi connectivity index (χ0) is 22.2. The van der Waals surface area contributed by atoms with Crippen LogP contribution in [0.1, 0.15) is 28.8 Å². The minimum absolute atomic E-state index is 0.108. The summed E-state index contributed by atoms with van der Waals surface area (Å²) in [5.41, 5.74) is 2.23. The molecule has 0 bridgehead atoms. The molecule has 2 aromatic carbocycles. The van der Waals surface area contributed by atoms with Crippen molar-refractivity contribution in [2.24, 2.45) is 5.92 Å². The Hall–Kier alpha value is -2.38. The monoisotopic (exact) mass is 462 g/mol. The Labute approximate surface area is 186 Å². The highest BCUT2D eigenvalue weighted by Crippen LogP contribution is 2.29. The number of sulfone groups is 1. The number of piperidine rings is 1.